The Balaban J connectivity index is 3.39. The van der Waals surface area contributed by atoms with E-state index in [1.165, 1.54) is 70.6 Å². The van der Waals surface area contributed by atoms with Gasteiger partial charge in [-0.3, -0.25) is 9.59 Å². The summed E-state index contributed by atoms with van der Waals surface area (Å²) in [5.74, 6) is -0.766. The van der Waals surface area contributed by atoms with Gasteiger partial charge in [-0.1, -0.05) is 84.0 Å². The molecule has 5 nitrogen and oxygen atoms in total. The number of carbonyl (C=O) groups excluding carboxylic acids is 1. The SMILES string of the molecule is CCCCCCCCCCCCCCCC(=O)NCCCC(C)(NC)C(=O)O. The van der Waals surface area contributed by atoms with Crippen molar-refractivity contribution in [2.24, 2.45) is 0 Å². The van der Waals surface area contributed by atoms with E-state index in [-0.39, 0.29) is 5.91 Å². The lowest BCUT2D eigenvalue weighted by Gasteiger charge is -2.23. The zero-order valence-electron chi connectivity index (χ0n) is 18.8. The monoisotopic (exact) mass is 398 g/mol. The smallest absolute Gasteiger partial charge is 0.323 e. The van der Waals surface area contributed by atoms with Gasteiger partial charge >= 0.3 is 5.97 Å². The maximum absolute atomic E-state index is 11.8. The van der Waals surface area contributed by atoms with Crippen molar-refractivity contribution in [3.05, 3.63) is 0 Å². The van der Waals surface area contributed by atoms with E-state index in [2.05, 4.69) is 17.6 Å². The molecule has 0 spiro atoms. The zero-order valence-corrected chi connectivity index (χ0v) is 18.8. The van der Waals surface area contributed by atoms with Gasteiger partial charge in [0.25, 0.3) is 0 Å². The van der Waals surface area contributed by atoms with Crippen molar-refractivity contribution in [3.63, 3.8) is 0 Å². The quantitative estimate of drug-likeness (QED) is 0.239. The van der Waals surface area contributed by atoms with Gasteiger partial charge in [0.05, 0.1) is 0 Å². The molecule has 1 amide bonds. The molecule has 0 rings (SSSR count). The van der Waals surface area contributed by atoms with Gasteiger partial charge in [-0.15, -0.1) is 0 Å². The van der Waals surface area contributed by atoms with Crippen molar-refractivity contribution >= 4 is 11.9 Å². The molecule has 0 aliphatic rings. The average Bonchev–Trinajstić information content (AvgIpc) is 2.68. The Hall–Kier alpha value is -1.10. The van der Waals surface area contributed by atoms with Gasteiger partial charge in [0.15, 0.2) is 0 Å². The lowest BCUT2D eigenvalue weighted by Crippen LogP contribution is -2.47. The number of rotatable bonds is 20. The molecule has 0 aliphatic carbocycles. The molecule has 0 aromatic rings. The first kappa shape index (κ1) is 26.9. The fourth-order valence-corrected chi connectivity index (χ4v) is 3.40. The summed E-state index contributed by atoms with van der Waals surface area (Å²) in [6.07, 6.45) is 18.7. The number of unbranched alkanes of at least 4 members (excludes halogenated alkanes) is 12. The Morgan fingerprint density at radius 1 is 0.786 bits per heavy atom. The van der Waals surface area contributed by atoms with E-state index < -0.39 is 11.5 Å². The summed E-state index contributed by atoms with van der Waals surface area (Å²) < 4.78 is 0. The van der Waals surface area contributed by atoms with Crippen molar-refractivity contribution in [1.82, 2.24) is 10.6 Å². The van der Waals surface area contributed by atoms with Crippen LogP contribution in [0.2, 0.25) is 0 Å². The number of carboxylic acids is 1. The van der Waals surface area contributed by atoms with Crippen molar-refractivity contribution in [2.75, 3.05) is 13.6 Å². The number of nitrogens with one attached hydrogen (secondary N) is 2. The van der Waals surface area contributed by atoms with E-state index in [1.807, 2.05) is 0 Å². The van der Waals surface area contributed by atoms with E-state index in [0.717, 1.165) is 12.8 Å². The van der Waals surface area contributed by atoms with Gasteiger partial charge in [-0.05, 0) is 33.2 Å². The molecule has 0 heterocycles. The summed E-state index contributed by atoms with van der Waals surface area (Å²) in [4.78, 5) is 23.0. The standard InChI is InChI=1S/C23H46N2O3/c1-4-5-6-7-8-9-10-11-12-13-14-15-16-18-21(26)25-20-17-19-23(2,24-3)22(27)28/h24H,4-20H2,1-3H3,(H,25,26)(H,27,28). The van der Waals surface area contributed by atoms with Crippen LogP contribution in [0.5, 0.6) is 0 Å². The van der Waals surface area contributed by atoms with Crippen LogP contribution in [0.1, 0.15) is 117 Å². The molecule has 166 valence electrons. The van der Waals surface area contributed by atoms with Crippen LogP contribution < -0.4 is 10.6 Å². The van der Waals surface area contributed by atoms with E-state index in [9.17, 15) is 14.7 Å². The minimum atomic E-state index is -0.917. The molecule has 0 aliphatic heterocycles. The molecule has 1 atom stereocenters. The van der Waals surface area contributed by atoms with Crippen LogP contribution in [0.4, 0.5) is 0 Å². The number of hydrogen-bond acceptors (Lipinski definition) is 3. The Kier molecular flexibility index (Phi) is 17.3. The van der Waals surface area contributed by atoms with Crippen molar-refractivity contribution in [3.8, 4) is 0 Å². The number of carboxylic acid groups (broad SMARTS) is 1. The fourth-order valence-electron chi connectivity index (χ4n) is 3.40. The van der Waals surface area contributed by atoms with E-state index >= 15 is 0 Å². The lowest BCUT2D eigenvalue weighted by atomic mass is 9.96. The molecule has 28 heavy (non-hydrogen) atoms. The molecule has 0 aromatic heterocycles. The minimum absolute atomic E-state index is 0.0876. The summed E-state index contributed by atoms with van der Waals surface area (Å²) in [5, 5.41) is 14.9. The second kappa shape index (κ2) is 18.0. The molecule has 3 N–H and O–H groups in total. The third-order valence-corrected chi connectivity index (χ3v) is 5.71. The molecule has 0 fully saturated rings. The average molecular weight is 399 g/mol. The Morgan fingerprint density at radius 3 is 1.68 bits per heavy atom. The van der Waals surface area contributed by atoms with Gasteiger partial charge in [0.2, 0.25) is 5.91 Å². The summed E-state index contributed by atoms with van der Waals surface area (Å²) in [5.41, 5.74) is -0.917. The molecule has 0 radical (unpaired) electrons. The molecular weight excluding hydrogens is 352 g/mol. The van der Waals surface area contributed by atoms with Gasteiger partial charge in [-0.2, -0.15) is 0 Å². The summed E-state index contributed by atoms with van der Waals surface area (Å²) in [6, 6.07) is 0. The third kappa shape index (κ3) is 14.9. The van der Waals surface area contributed by atoms with Gasteiger partial charge in [0.1, 0.15) is 5.54 Å². The van der Waals surface area contributed by atoms with E-state index in [4.69, 9.17) is 0 Å². The minimum Gasteiger partial charge on any atom is -0.480 e. The van der Waals surface area contributed by atoms with E-state index in [1.54, 1.807) is 14.0 Å². The van der Waals surface area contributed by atoms with Gasteiger partial charge in [-0.25, -0.2) is 0 Å². The van der Waals surface area contributed by atoms with Crippen molar-refractivity contribution < 1.29 is 14.7 Å². The van der Waals surface area contributed by atoms with Crippen LogP contribution in [0, 0.1) is 0 Å². The largest absolute Gasteiger partial charge is 0.480 e. The molecule has 0 saturated carbocycles. The Labute approximate surface area is 173 Å². The normalized spacial score (nSPS) is 13.2. The first-order valence-electron chi connectivity index (χ1n) is 11.6. The first-order chi connectivity index (χ1) is 13.5. The maximum atomic E-state index is 11.8. The number of likely N-dealkylation sites (N-methyl/N-ethyl adjacent to an activating group) is 1. The first-order valence-corrected chi connectivity index (χ1v) is 11.6. The van der Waals surface area contributed by atoms with Crippen LogP contribution in [0.15, 0.2) is 0 Å². The van der Waals surface area contributed by atoms with Crippen LogP contribution in [-0.2, 0) is 9.59 Å². The highest BCUT2D eigenvalue weighted by Gasteiger charge is 2.30. The van der Waals surface area contributed by atoms with Crippen LogP contribution in [0.3, 0.4) is 0 Å². The number of amides is 1. The second-order valence-corrected chi connectivity index (χ2v) is 8.33. The lowest BCUT2D eigenvalue weighted by molar-refractivity contribution is -0.144. The summed E-state index contributed by atoms with van der Waals surface area (Å²) in [7, 11) is 1.65. The fraction of sp³-hybridized carbons (Fsp3) is 0.913. The predicted molar refractivity (Wildman–Crippen MR) is 118 cm³/mol. The highest BCUT2D eigenvalue weighted by atomic mass is 16.4. The highest BCUT2D eigenvalue weighted by Crippen LogP contribution is 2.13. The molecule has 0 aromatic carbocycles. The maximum Gasteiger partial charge on any atom is 0.323 e. The predicted octanol–water partition coefficient (Wildman–Crippen LogP) is 5.43. The third-order valence-electron chi connectivity index (χ3n) is 5.71. The second-order valence-electron chi connectivity index (χ2n) is 8.33. The number of carbonyl (C=O) groups is 2. The number of aliphatic carboxylic acids is 1. The highest BCUT2D eigenvalue weighted by molar-refractivity contribution is 5.78. The molecular formula is C23H46N2O3. The summed E-state index contributed by atoms with van der Waals surface area (Å²) in [6.45, 7) is 4.48. The molecule has 5 heteroatoms. The molecule has 0 bridgehead atoms. The van der Waals surface area contributed by atoms with Crippen LogP contribution >= 0.6 is 0 Å². The number of hydrogen-bond donors (Lipinski definition) is 3. The van der Waals surface area contributed by atoms with Gasteiger partial charge < -0.3 is 15.7 Å². The zero-order chi connectivity index (χ0) is 21.1. The van der Waals surface area contributed by atoms with Gasteiger partial charge in [0, 0.05) is 13.0 Å². The van der Waals surface area contributed by atoms with E-state index in [0.29, 0.717) is 25.8 Å². The van der Waals surface area contributed by atoms with Crippen LogP contribution in [-0.4, -0.2) is 36.1 Å². The van der Waals surface area contributed by atoms with Crippen molar-refractivity contribution in [1.29, 1.82) is 0 Å². The Bertz CT molecular complexity index is 401. The topological polar surface area (TPSA) is 78.4 Å². The van der Waals surface area contributed by atoms with Crippen molar-refractivity contribution in [2.45, 2.75) is 122 Å². The molecule has 1 unspecified atom stereocenters. The van der Waals surface area contributed by atoms with Crippen LogP contribution in [0.25, 0.3) is 0 Å². The Morgan fingerprint density at radius 2 is 1.25 bits per heavy atom. The molecule has 0 saturated heterocycles. The summed E-state index contributed by atoms with van der Waals surface area (Å²) >= 11 is 0.